The van der Waals surface area contributed by atoms with E-state index in [9.17, 15) is 0 Å². The summed E-state index contributed by atoms with van der Waals surface area (Å²) in [7, 11) is 0. The number of aromatic nitrogens is 4. The van der Waals surface area contributed by atoms with Crippen molar-refractivity contribution in [3.05, 3.63) is 150 Å². The van der Waals surface area contributed by atoms with Crippen molar-refractivity contribution in [3.63, 3.8) is 0 Å². The number of nitrogens with zero attached hydrogens (tertiary/aromatic N) is 4. The maximum atomic E-state index is 4.97. The van der Waals surface area contributed by atoms with Crippen LogP contribution in [0.1, 0.15) is 43.6 Å². The summed E-state index contributed by atoms with van der Waals surface area (Å²) in [5.74, 6) is 2.07. The predicted octanol–water partition coefficient (Wildman–Crippen LogP) is 10.3. The Bertz CT molecular complexity index is 2370. The number of benzene rings is 5. The molecule has 7 aromatic rings. The minimum atomic E-state index is -0.0684. The second-order valence-electron chi connectivity index (χ2n) is 12.8. The number of rotatable bonds is 4. The van der Waals surface area contributed by atoms with Gasteiger partial charge in [0.25, 0.3) is 0 Å². The topological polar surface area (TPSA) is 43.6 Å². The Balaban J connectivity index is 1.19. The molecule has 0 spiro atoms. The molecule has 5 aromatic carbocycles. The average Bonchev–Trinajstić information content (AvgIpc) is 3.56. The minimum Gasteiger partial charge on any atom is -0.309 e. The summed E-state index contributed by atoms with van der Waals surface area (Å²) < 4.78 is 2.40. The van der Waals surface area contributed by atoms with Crippen LogP contribution in [0.5, 0.6) is 0 Å². The lowest BCUT2D eigenvalue weighted by Gasteiger charge is -2.21. The normalized spacial score (nSPS) is 14.8. The number of fused-ring (bicyclic) bond motifs is 6. The molecule has 0 atom stereocenters. The smallest absolute Gasteiger partial charge is 0.164 e. The third kappa shape index (κ3) is 4.10. The molecule has 2 aromatic heterocycles. The fourth-order valence-electron chi connectivity index (χ4n) is 7.33. The predicted molar refractivity (Wildman–Crippen MR) is 189 cm³/mol. The Morgan fingerprint density at radius 1 is 0.565 bits per heavy atom. The summed E-state index contributed by atoms with van der Waals surface area (Å²) in [4.78, 5) is 14.8. The van der Waals surface area contributed by atoms with Crippen molar-refractivity contribution in [1.82, 2.24) is 19.5 Å². The van der Waals surface area contributed by atoms with Crippen LogP contribution in [0.2, 0.25) is 0 Å². The number of allylic oxidation sites excluding steroid dienone is 4. The molecule has 0 unspecified atom stereocenters. The fourth-order valence-corrected chi connectivity index (χ4v) is 7.33. The first-order chi connectivity index (χ1) is 22.6. The van der Waals surface area contributed by atoms with E-state index in [1.807, 2.05) is 18.2 Å². The summed E-state index contributed by atoms with van der Waals surface area (Å²) in [5, 5.41) is 2.53. The lowest BCUT2D eigenvalue weighted by Crippen LogP contribution is -2.14. The number of para-hydroxylation sites is 1. The maximum Gasteiger partial charge on any atom is 0.164 e. The molecule has 2 aliphatic rings. The highest BCUT2D eigenvalue weighted by Gasteiger charge is 2.36. The Morgan fingerprint density at radius 3 is 2.04 bits per heavy atom. The molecule has 0 amide bonds. The lowest BCUT2D eigenvalue weighted by atomic mass is 9.82. The Kier molecular flexibility index (Phi) is 5.94. The first-order valence-electron chi connectivity index (χ1n) is 16.0. The van der Waals surface area contributed by atoms with E-state index in [1.165, 1.54) is 44.1 Å². The number of hydrogen-bond donors (Lipinski definition) is 0. The first kappa shape index (κ1) is 26.8. The van der Waals surface area contributed by atoms with Crippen LogP contribution in [0.4, 0.5) is 0 Å². The van der Waals surface area contributed by atoms with E-state index in [2.05, 4.69) is 134 Å². The molecule has 0 N–H and O–H groups in total. The van der Waals surface area contributed by atoms with Gasteiger partial charge >= 0.3 is 0 Å². The molecule has 4 heteroatoms. The van der Waals surface area contributed by atoms with Crippen LogP contribution in [-0.4, -0.2) is 19.5 Å². The summed E-state index contributed by atoms with van der Waals surface area (Å²) in [6.07, 6.45) is 8.57. The van der Waals surface area contributed by atoms with Crippen molar-refractivity contribution >= 4 is 27.4 Å². The van der Waals surface area contributed by atoms with Gasteiger partial charge in [0.15, 0.2) is 17.5 Å². The van der Waals surface area contributed by atoms with Gasteiger partial charge in [-0.25, -0.2) is 15.0 Å². The summed E-state index contributed by atoms with van der Waals surface area (Å²) >= 11 is 0. The van der Waals surface area contributed by atoms with Gasteiger partial charge in [-0.1, -0.05) is 105 Å². The Morgan fingerprint density at radius 2 is 1.26 bits per heavy atom. The molecule has 46 heavy (non-hydrogen) atoms. The monoisotopic (exact) mass is 592 g/mol. The van der Waals surface area contributed by atoms with Gasteiger partial charge in [-0.15, -0.1) is 0 Å². The van der Waals surface area contributed by atoms with Crippen LogP contribution in [-0.2, 0) is 5.41 Å². The van der Waals surface area contributed by atoms with Crippen LogP contribution in [0.15, 0.2) is 133 Å². The fraction of sp³-hybridized carbons (Fsp3) is 0.119. The van der Waals surface area contributed by atoms with Crippen molar-refractivity contribution in [2.45, 2.75) is 32.1 Å². The third-order valence-corrected chi connectivity index (χ3v) is 9.68. The molecule has 0 saturated heterocycles. The first-order valence-corrected chi connectivity index (χ1v) is 16.0. The molecule has 0 fully saturated rings. The quantitative estimate of drug-likeness (QED) is 0.204. The molecular formula is C42H32N4. The molecule has 0 aliphatic heterocycles. The zero-order chi connectivity index (χ0) is 30.8. The van der Waals surface area contributed by atoms with E-state index in [1.54, 1.807) is 0 Å². The Hall–Kier alpha value is -5.61. The highest BCUT2D eigenvalue weighted by Crippen LogP contribution is 2.50. The van der Waals surface area contributed by atoms with Crippen molar-refractivity contribution in [1.29, 1.82) is 0 Å². The van der Waals surface area contributed by atoms with Gasteiger partial charge in [0, 0.05) is 38.6 Å². The van der Waals surface area contributed by atoms with Crippen LogP contribution in [0, 0.1) is 0 Å². The van der Waals surface area contributed by atoms with E-state index < -0.39 is 0 Å². The molecule has 2 aliphatic carbocycles. The van der Waals surface area contributed by atoms with Crippen LogP contribution >= 0.6 is 0 Å². The molecule has 0 bridgehead atoms. The van der Waals surface area contributed by atoms with Gasteiger partial charge < -0.3 is 4.57 Å². The standard InChI is InChI=1S/C42H32N4/c1-42(2)35-19-11-9-17-31(35)33-25-34-32-18-10-12-20-37(32)46(38(34)26-36(33)42)30-23-21-29(22-24-30)41-44-39(27-13-5-3-6-14-27)43-40(45-41)28-15-7-4-8-16-28/h3,5-7,9-26H,4,8H2,1-2H3. The zero-order valence-corrected chi connectivity index (χ0v) is 25.9. The highest BCUT2D eigenvalue weighted by atomic mass is 15.0. The van der Waals surface area contributed by atoms with Gasteiger partial charge in [0.2, 0.25) is 0 Å². The SMILES string of the molecule is CC1(C)c2ccccc2-c2cc3c4ccccc4n(-c4ccc(-c5nc(C6=CCCC=C6)nc(-c6ccccc6)n5)cc4)c3cc21. The molecule has 4 nitrogen and oxygen atoms in total. The van der Waals surface area contributed by atoms with Crippen molar-refractivity contribution in [2.24, 2.45) is 0 Å². The van der Waals surface area contributed by atoms with Crippen LogP contribution in [0.3, 0.4) is 0 Å². The Labute approximate surface area is 268 Å². The van der Waals surface area contributed by atoms with E-state index in [-0.39, 0.29) is 5.41 Å². The van der Waals surface area contributed by atoms with Crippen LogP contribution in [0.25, 0.3) is 67.0 Å². The minimum absolute atomic E-state index is 0.0684. The van der Waals surface area contributed by atoms with Gasteiger partial charge in [0.05, 0.1) is 11.0 Å². The van der Waals surface area contributed by atoms with Gasteiger partial charge in [-0.2, -0.15) is 0 Å². The van der Waals surface area contributed by atoms with E-state index in [4.69, 9.17) is 15.0 Å². The average molecular weight is 593 g/mol. The van der Waals surface area contributed by atoms with Crippen LogP contribution < -0.4 is 0 Å². The largest absolute Gasteiger partial charge is 0.309 e. The second-order valence-corrected chi connectivity index (χ2v) is 12.8. The van der Waals surface area contributed by atoms with Gasteiger partial charge in [-0.05, 0) is 77.6 Å². The third-order valence-electron chi connectivity index (χ3n) is 9.68. The summed E-state index contributed by atoms with van der Waals surface area (Å²) in [6, 6.07) is 41.3. The highest BCUT2D eigenvalue weighted by molar-refractivity contribution is 6.11. The van der Waals surface area contributed by atoms with E-state index in [0.717, 1.165) is 35.2 Å². The second kappa shape index (κ2) is 10.2. The summed E-state index contributed by atoms with van der Waals surface area (Å²) in [6.45, 7) is 4.69. The van der Waals surface area contributed by atoms with E-state index in [0.29, 0.717) is 17.5 Å². The van der Waals surface area contributed by atoms with Gasteiger partial charge in [0.1, 0.15) is 0 Å². The molecule has 0 radical (unpaired) electrons. The zero-order valence-electron chi connectivity index (χ0n) is 25.9. The van der Waals surface area contributed by atoms with E-state index >= 15 is 0 Å². The molecule has 220 valence electrons. The maximum absolute atomic E-state index is 4.97. The van der Waals surface area contributed by atoms with Crippen molar-refractivity contribution in [2.75, 3.05) is 0 Å². The molecule has 9 rings (SSSR count). The summed E-state index contributed by atoms with van der Waals surface area (Å²) in [5.41, 5.74) is 11.9. The molecule has 2 heterocycles. The molecule has 0 saturated carbocycles. The molecular weight excluding hydrogens is 560 g/mol. The van der Waals surface area contributed by atoms with Crippen molar-refractivity contribution < 1.29 is 0 Å². The lowest BCUT2D eigenvalue weighted by molar-refractivity contribution is 0.661. The van der Waals surface area contributed by atoms with Crippen molar-refractivity contribution in [3.8, 4) is 39.6 Å². The number of hydrogen-bond acceptors (Lipinski definition) is 3. The van der Waals surface area contributed by atoms with Gasteiger partial charge in [-0.3, -0.25) is 0 Å².